The highest BCUT2D eigenvalue weighted by atomic mass is 16.5. The molecule has 2 aromatic rings. The van der Waals surface area contributed by atoms with Crippen molar-refractivity contribution in [1.29, 1.82) is 0 Å². The molecule has 1 aromatic carbocycles. The Morgan fingerprint density at radius 2 is 2.05 bits per heavy atom. The molecule has 114 valence electrons. The van der Waals surface area contributed by atoms with Gasteiger partial charge in [-0.1, -0.05) is 11.6 Å². The standard InChI is InChI=1S/C17H23NO3/c1-3-20-17(6-8-19-9-7-17)16(18)15-11-13-10-12(2)4-5-14(13)21-15/h4-5,10-11,16H,3,6-9,18H2,1-2H3. The van der Waals surface area contributed by atoms with Gasteiger partial charge in [-0.25, -0.2) is 0 Å². The van der Waals surface area contributed by atoms with Crippen LogP contribution < -0.4 is 5.73 Å². The van der Waals surface area contributed by atoms with Crippen LogP contribution in [0.15, 0.2) is 28.7 Å². The molecular weight excluding hydrogens is 266 g/mol. The van der Waals surface area contributed by atoms with Gasteiger partial charge >= 0.3 is 0 Å². The van der Waals surface area contributed by atoms with Gasteiger partial charge in [-0.3, -0.25) is 0 Å². The zero-order chi connectivity index (χ0) is 14.9. The van der Waals surface area contributed by atoms with Crippen molar-refractivity contribution in [3.63, 3.8) is 0 Å². The molecule has 0 aliphatic carbocycles. The molecule has 21 heavy (non-hydrogen) atoms. The maximum absolute atomic E-state index is 6.52. The fourth-order valence-corrected chi connectivity index (χ4v) is 3.15. The van der Waals surface area contributed by atoms with Crippen molar-refractivity contribution in [3.05, 3.63) is 35.6 Å². The SMILES string of the molecule is CCOC1(C(N)c2cc3cc(C)ccc3o2)CCOCC1. The molecule has 3 rings (SSSR count). The molecule has 1 fully saturated rings. The number of nitrogens with two attached hydrogens (primary N) is 1. The Bertz CT molecular complexity index is 608. The van der Waals surface area contributed by atoms with Crippen LogP contribution in [-0.2, 0) is 9.47 Å². The van der Waals surface area contributed by atoms with Gasteiger partial charge in [0.25, 0.3) is 0 Å². The van der Waals surface area contributed by atoms with Crippen molar-refractivity contribution in [2.75, 3.05) is 19.8 Å². The fraction of sp³-hybridized carbons (Fsp3) is 0.529. The van der Waals surface area contributed by atoms with Crippen molar-refractivity contribution in [1.82, 2.24) is 0 Å². The monoisotopic (exact) mass is 289 g/mol. The van der Waals surface area contributed by atoms with E-state index in [4.69, 9.17) is 19.6 Å². The number of ether oxygens (including phenoxy) is 2. The topological polar surface area (TPSA) is 57.6 Å². The normalized spacial score (nSPS) is 19.8. The average molecular weight is 289 g/mol. The summed E-state index contributed by atoms with van der Waals surface area (Å²) in [6.07, 6.45) is 1.61. The molecule has 4 heteroatoms. The second-order valence-electron chi connectivity index (χ2n) is 5.78. The zero-order valence-electron chi connectivity index (χ0n) is 12.7. The van der Waals surface area contributed by atoms with Gasteiger partial charge in [-0.05, 0) is 32.0 Å². The molecule has 0 saturated carbocycles. The van der Waals surface area contributed by atoms with Gasteiger partial charge in [-0.2, -0.15) is 0 Å². The maximum Gasteiger partial charge on any atom is 0.134 e. The number of rotatable bonds is 4. The van der Waals surface area contributed by atoms with Crippen LogP contribution in [0, 0.1) is 6.92 Å². The first-order chi connectivity index (χ1) is 10.1. The summed E-state index contributed by atoms with van der Waals surface area (Å²) in [5.74, 6) is 0.797. The molecular formula is C17H23NO3. The third-order valence-corrected chi connectivity index (χ3v) is 4.34. The Hall–Kier alpha value is -1.36. The van der Waals surface area contributed by atoms with Crippen LogP contribution in [0.5, 0.6) is 0 Å². The molecule has 0 bridgehead atoms. The van der Waals surface area contributed by atoms with Crippen LogP contribution in [-0.4, -0.2) is 25.4 Å². The summed E-state index contributed by atoms with van der Waals surface area (Å²) in [6, 6.07) is 7.94. The lowest BCUT2D eigenvalue weighted by Gasteiger charge is -2.40. The van der Waals surface area contributed by atoms with Gasteiger partial charge < -0.3 is 19.6 Å². The average Bonchev–Trinajstić information content (AvgIpc) is 2.90. The van der Waals surface area contributed by atoms with Crippen molar-refractivity contribution in [2.45, 2.75) is 38.3 Å². The second-order valence-corrected chi connectivity index (χ2v) is 5.78. The van der Waals surface area contributed by atoms with E-state index in [-0.39, 0.29) is 11.6 Å². The summed E-state index contributed by atoms with van der Waals surface area (Å²) in [5, 5.41) is 1.10. The number of hydrogen-bond acceptors (Lipinski definition) is 4. The van der Waals surface area contributed by atoms with Gasteiger partial charge in [0.05, 0.1) is 11.6 Å². The summed E-state index contributed by atoms with van der Waals surface area (Å²) in [7, 11) is 0. The van der Waals surface area contributed by atoms with Crippen LogP contribution in [0.1, 0.15) is 37.1 Å². The number of hydrogen-bond donors (Lipinski definition) is 1. The molecule has 1 aliphatic heterocycles. The smallest absolute Gasteiger partial charge is 0.134 e. The summed E-state index contributed by atoms with van der Waals surface area (Å²) < 4.78 is 17.5. The van der Waals surface area contributed by atoms with Crippen LogP contribution in [0.25, 0.3) is 11.0 Å². The maximum atomic E-state index is 6.52. The van der Waals surface area contributed by atoms with Crippen molar-refractivity contribution < 1.29 is 13.9 Å². The molecule has 1 unspecified atom stereocenters. The first-order valence-corrected chi connectivity index (χ1v) is 7.62. The van der Waals surface area contributed by atoms with Crippen molar-refractivity contribution in [3.8, 4) is 0 Å². The van der Waals surface area contributed by atoms with Gasteiger partial charge in [-0.15, -0.1) is 0 Å². The third kappa shape index (κ3) is 2.71. The fourth-order valence-electron chi connectivity index (χ4n) is 3.15. The molecule has 0 spiro atoms. The largest absolute Gasteiger partial charge is 0.459 e. The summed E-state index contributed by atoms with van der Waals surface area (Å²) in [6.45, 7) is 6.10. The van der Waals surface area contributed by atoms with E-state index < -0.39 is 0 Å². The highest BCUT2D eigenvalue weighted by Crippen LogP contribution is 2.38. The van der Waals surface area contributed by atoms with Crippen molar-refractivity contribution in [2.24, 2.45) is 5.73 Å². The molecule has 0 amide bonds. The molecule has 0 radical (unpaired) electrons. The van der Waals surface area contributed by atoms with Crippen LogP contribution in [0.4, 0.5) is 0 Å². The minimum atomic E-state index is -0.379. The molecule has 2 heterocycles. The number of aryl methyl sites for hydroxylation is 1. The van der Waals surface area contributed by atoms with Gasteiger partial charge in [0, 0.05) is 38.0 Å². The first kappa shape index (κ1) is 14.6. The summed E-state index contributed by atoms with van der Waals surface area (Å²) in [5.41, 5.74) is 8.24. The first-order valence-electron chi connectivity index (χ1n) is 7.62. The minimum Gasteiger partial charge on any atom is -0.459 e. The molecule has 1 saturated heterocycles. The Labute approximate surface area is 125 Å². The minimum absolute atomic E-state index is 0.269. The Kier molecular flexibility index (Phi) is 4.02. The van der Waals surface area contributed by atoms with E-state index in [0.717, 1.165) is 29.6 Å². The number of fused-ring (bicyclic) bond motifs is 1. The van der Waals surface area contributed by atoms with Gasteiger partial charge in [0.15, 0.2) is 0 Å². The highest BCUT2D eigenvalue weighted by molar-refractivity contribution is 5.78. The van der Waals surface area contributed by atoms with E-state index in [1.807, 2.05) is 25.1 Å². The highest BCUT2D eigenvalue weighted by Gasteiger charge is 2.41. The van der Waals surface area contributed by atoms with Gasteiger partial charge in [0.2, 0.25) is 0 Å². The van der Waals surface area contributed by atoms with Gasteiger partial charge in [0.1, 0.15) is 11.3 Å². The lowest BCUT2D eigenvalue weighted by molar-refractivity contribution is -0.124. The quantitative estimate of drug-likeness (QED) is 0.938. The molecule has 1 aliphatic rings. The van der Waals surface area contributed by atoms with E-state index >= 15 is 0 Å². The molecule has 2 N–H and O–H groups in total. The second kappa shape index (κ2) is 5.79. The zero-order valence-corrected chi connectivity index (χ0v) is 12.7. The number of benzene rings is 1. The van der Waals surface area contributed by atoms with E-state index in [9.17, 15) is 0 Å². The predicted molar refractivity (Wildman–Crippen MR) is 82.3 cm³/mol. The number of furan rings is 1. The summed E-state index contributed by atoms with van der Waals surface area (Å²) >= 11 is 0. The van der Waals surface area contributed by atoms with E-state index in [2.05, 4.69) is 13.0 Å². The van der Waals surface area contributed by atoms with Crippen LogP contribution in [0.3, 0.4) is 0 Å². The predicted octanol–water partition coefficient (Wildman–Crippen LogP) is 3.33. The Morgan fingerprint density at radius 3 is 2.76 bits per heavy atom. The van der Waals surface area contributed by atoms with Crippen molar-refractivity contribution >= 4 is 11.0 Å². The lowest BCUT2D eigenvalue weighted by Crippen LogP contribution is -2.48. The molecule has 4 nitrogen and oxygen atoms in total. The van der Waals surface area contributed by atoms with E-state index in [0.29, 0.717) is 19.8 Å². The van der Waals surface area contributed by atoms with E-state index in [1.54, 1.807) is 0 Å². The Balaban J connectivity index is 1.95. The Morgan fingerprint density at radius 1 is 1.29 bits per heavy atom. The molecule has 1 atom stereocenters. The van der Waals surface area contributed by atoms with Crippen LogP contribution in [0.2, 0.25) is 0 Å². The third-order valence-electron chi connectivity index (χ3n) is 4.34. The van der Waals surface area contributed by atoms with E-state index in [1.165, 1.54) is 5.56 Å². The van der Waals surface area contributed by atoms with Crippen LogP contribution >= 0.6 is 0 Å². The summed E-state index contributed by atoms with van der Waals surface area (Å²) in [4.78, 5) is 0. The lowest BCUT2D eigenvalue weighted by atomic mass is 9.85. The molecule has 1 aromatic heterocycles.